The van der Waals surface area contributed by atoms with Crippen LogP contribution in [-0.2, 0) is 11.8 Å². The quantitative estimate of drug-likeness (QED) is 0.626. The van der Waals surface area contributed by atoms with Gasteiger partial charge in [-0.3, -0.25) is 9.48 Å². The molecule has 1 amide bonds. The second kappa shape index (κ2) is 8.25. The van der Waals surface area contributed by atoms with Crippen LogP contribution in [0.25, 0.3) is 11.1 Å². The van der Waals surface area contributed by atoms with Gasteiger partial charge in [0.2, 0.25) is 11.4 Å². The van der Waals surface area contributed by atoms with Gasteiger partial charge in [-0.15, -0.1) is 0 Å². The molecule has 1 fully saturated rings. The van der Waals surface area contributed by atoms with E-state index in [0.29, 0.717) is 28.1 Å². The van der Waals surface area contributed by atoms with E-state index in [0.717, 1.165) is 31.9 Å². The van der Waals surface area contributed by atoms with E-state index in [-0.39, 0.29) is 11.6 Å². The predicted molar refractivity (Wildman–Crippen MR) is 127 cm³/mol. The zero-order chi connectivity index (χ0) is 23.1. The van der Waals surface area contributed by atoms with Crippen LogP contribution in [0.4, 0.5) is 21.5 Å². The highest BCUT2D eigenvalue weighted by Gasteiger charge is 2.34. The van der Waals surface area contributed by atoms with Gasteiger partial charge in [0.05, 0.1) is 11.8 Å². The summed E-state index contributed by atoms with van der Waals surface area (Å²) >= 11 is 0. The van der Waals surface area contributed by atoms with Crippen LogP contribution in [0.3, 0.4) is 0 Å². The molecule has 2 aliphatic rings. The summed E-state index contributed by atoms with van der Waals surface area (Å²) in [4.78, 5) is 17.7. The van der Waals surface area contributed by atoms with Crippen molar-refractivity contribution in [1.82, 2.24) is 14.7 Å². The minimum absolute atomic E-state index is 0.188. The smallest absolute Gasteiger partial charge is 0.281 e. The molecule has 9 heteroatoms. The third kappa shape index (κ3) is 4.03. The van der Waals surface area contributed by atoms with Crippen molar-refractivity contribution in [3.8, 4) is 11.1 Å². The molecule has 3 aromatic rings. The number of nitrogens with one attached hydrogen (secondary N) is 1. The summed E-state index contributed by atoms with van der Waals surface area (Å²) < 4.78 is 17.6. The first-order valence-electron chi connectivity index (χ1n) is 10.8. The summed E-state index contributed by atoms with van der Waals surface area (Å²) in [7, 11) is 3.89. The molecule has 0 aliphatic carbocycles. The number of benzene rings is 2. The van der Waals surface area contributed by atoms with Crippen molar-refractivity contribution in [2.75, 3.05) is 43.4 Å². The van der Waals surface area contributed by atoms with Crippen LogP contribution < -0.4 is 10.2 Å². The zero-order valence-corrected chi connectivity index (χ0v) is 18.6. The molecule has 0 spiro atoms. The lowest BCUT2D eigenvalue weighted by atomic mass is 10.0. The van der Waals surface area contributed by atoms with Crippen molar-refractivity contribution in [3.05, 3.63) is 60.2 Å². The Bertz CT molecular complexity index is 1270. The lowest BCUT2D eigenvalue weighted by Crippen LogP contribution is -2.44. The van der Waals surface area contributed by atoms with Crippen molar-refractivity contribution in [3.63, 3.8) is 0 Å². The highest BCUT2D eigenvalue weighted by molar-refractivity contribution is 6.50. The van der Waals surface area contributed by atoms with Crippen molar-refractivity contribution in [2.45, 2.75) is 0 Å². The van der Waals surface area contributed by atoms with Gasteiger partial charge in [-0.2, -0.15) is 5.10 Å². The first-order chi connectivity index (χ1) is 15.9. The molecule has 168 valence electrons. The molecule has 5 rings (SSSR count). The highest BCUT2D eigenvalue weighted by Crippen LogP contribution is 2.33. The van der Waals surface area contributed by atoms with Crippen molar-refractivity contribution in [1.29, 1.82) is 0 Å². The highest BCUT2D eigenvalue weighted by atomic mass is 19.1. The monoisotopic (exact) mass is 446 g/mol. The van der Waals surface area contributed by atoms with Gasteiger partial charge < -0.3 is 15.1 Å². The molecule has 1 N–H and O–H groups in total. The van der Waals surface area contributed by atoms with E-state index in [1.165, 1.54) is 10.8 Å². The Morgan fingerprint density at radius 1 is 1.09 bits per heavy atom. The predicted octanol–water partition coefficient (Wildman–Crippen LogP) is 2.68. The van der Waals surface area contributed by atoms with Crippen LogP contribution in [0.1, 0.15) is 5.56 Å². The number of hydrogen-bond donors (Lipinski definition) is 1. The molecule has 0 radical (unpaired) electrons. The van der Waals surface area contributed by atoms with Gasteiger partial charge in [0.15, 0.2) is 6.72 Å². The van der Waals surface area contributed by atoms with E-state index in [1.54, 1.807) is 30.2 Å². The minimum Gasteiger partial charge on any atom is -0.369 e. The average molecular weight is 447 g/mol. The molecular weight excluding hydrogens is 421 g/mol. The first kappa shape index (κ1) is 21.0. The molecule has 1 saturated heterocycles. The van der Waals surface area contributed by atoms with E-state index < -0.39 is 5.82 Å². The molecule has 2 aliphatic heterocycles. The number of anilines is 2. The van der Waals surface area contributed by atoms with E-state index in [9.17, 15) is 9.18 Å². The first-order valence-corrected chi connectivity index (χ1v) is 10.8. The Kier molecular flexibility index (Phi) is 5.26. The number of likely N-dealkylation sites (N-methyl/N-ethyl adjacent to an activating group) is 1. The van der Waals surface area contributed by atoms with Crippen LogP contribution in [0.5, 0.6) is 0 Å². The number of aromatic nitrogens is 2. The molecular formula is C24H25FN7O+. The number of fused-ring (bicyclic) bond motifs is 1. The molecule has 1 aromatic heterocycles. The third-order valence-corrected chi connectivity index (χ3v) is 6.06. The fourth-order valence-electron chi connectivity index (χ4n) is 4.15. The maximum absolute atomic E-state index is 14.8. The Hall–Kier alpha value is -3.85. The molecule has 3 heterocycles. The van der Waals surface area contributed by atoms with Crippen LogP contribution in [0.15, 0.2) is 53.9 Å². The number of rotatable bonds is 4. The summed E-state index contributed by atoms with van der Waals surface area (Å²) in [5, 5.41) is 11.3. The van der Waals surface area contributed by atoms with E-state index in [4.69, 9.17) is 0 Å². The second-order valence-electron chi connectivity index (χ2n) is 8.39. The van der Waals surface area contributed by atoms with Gasteiger partial charge in [0.1, 0.15) is 5.82 Å². The molecule has 0 saturated carbocycles. The number of hydrazone groups is 1. The molecule has 0 atom stereocenters. The molecule has 0 unspecified atom stereocenters. The summed E-state index contributed by atoms with van der Waals surface area (Å²) in [5.41, 5.74) is 3.93. The van der Waals surface area contributed by atoms with Gasteiger partial charge >= 0.3 is 0 Å². The number of aryl methyl sites for hydroxylation is 1. The number of hydrogen-bond acceptors (Lipinski definition) is 5. The van der Waals surface area contributed by atoms with E-state index in [2.05, 4.69) is 39.1 Å². The zero-order valence-electron chi connectivity index (χ0n) is 18.6. The van der Waals surface area contributed by atoms with Gasteiger partial charge in [-0.25, -0.2) is 4.39 Å². The maximum atomic E-state index is 14.8. The summed E-state index contributed by atoms with van der Waals surface area (Å²) in [6.45, 7) is 7.82. The van der Waals surface area contributed by atoms with Gasteiger partial charge in [0.25, 0.3) is 5.91 Å². The van der Waals surface area contributed by atoms with Crippen molar-refractivity contribution in [2.24, 2.45) is 12.1 Å². The van der Waals surface area contributed by atoms with Crippen molar-refractivity contribution >= 4 is 35.4 Å². The van der Waals surface area contributed by atoms with Crippen LogP contribution in [0, 0.1) is 5.82 Å². The Morgan fingerprint density at radius 2 is 1.82 bits per heavy atom. The Morgan fingerprint density at radius 3 is 2.48 bits per heavy atom. The van der Waals surface area contributed by atoms with Gasteiger partial charge in [0, 0.05) is 73.1 Å². The summed E-state index contributed by atoms with van der Waals surface area (Å²) in [6, 6.07) is 10.8. The fourth-order valence-corrected chi connectivity index (χ4v) is 4.15. The van der Waals surface area contributed by atoms with E-state index >= 15 is 0 Å². The minimum atomic E-state index is -0.424. The lowest BCUT2D eigenvalue weighted by Gasteiger charge is -2.34. The van der Waals surface area contributed by atoms with Gasteiger partial charge in [-0.1, -0.05) is 4.68 Å². The second-order valence-corrected chi connectivity index (χ2v) is 8.39. The Labute approximate surface area is 191 Å². The number of piperazine rings is 1. The normalized spacial score (nSPS) is 16.0. The lowest BCUT2D eigenvalue weighted by molar-refractivity contribution is -0.431. The molecule has 2 aromatic carbocycles. The number of amides is 1. The molecule has 33 heavy (non-hydrogen) atoms. The fraction of sp³-hybridized carbons (Fsp3) is 0.250. The molecule has 0 bridgehead atoms. The average Bonchev–Trinajstić information content (AvgIpc) is 3.37. The van der Waals surface area contributed by atoms with Crippen molar-refractivity contribution < 1.29 is 13.9 Å². The third-order valence-electron chi connectivity index (χ3n) is 6.06. The number of nitrogens with zero attached hydrogens (tertiary/aromatic N) is 6. The summed E-state index contributed by atoms with van der Waals surface area (Å²) in [6.07, 6.45) is 3.31. The number of carbonyl (C=O) groups is 1. The van der Waals surface area contributed by atoms with Crippen LogP contribution in [0.2, 0.25) is 0 Å². The standard InChI is InChI=1S/C24H24FN7O/c1-29-8-10-32(11-9-29)18-6-4-17(5-7-18)27-24(33)23-20-12-19(16-14-26-30(2)15-16)21(25)13-22(20)31(3)28-23/h4-7,12-15H,3,8-11H2,1-2H3/p+1. The maximum Gasteiger partial charge on any atom is 0.281 e. The SMILES string of the molecule is C=[N+]1N=C(C(=O)Nc2ccc(N3CCN(C)CC3)cc2)c2cc(-c3cnn(C)c3)c(F)cc21. The Balaban J connectivity index is 1.36. The number of carbonyl (C=O) groups excluding carboxylic acids is 1. The molecule has 8 nitrogen and oxygen atoms in total. The topological polar surface area (TPSA) is 68.8 Å². The van der Waals surface area contributed by atoms with Crippen LogP contribution >= 0.6 is 0 Å². The van der Waals surface area contributed by atoms with Crippen LogP contribution in [-0.4, -0.2) is 70.9 Å². The summed E-state index contributed by atoms with van der Waals surface area (Å²) in [5.74, 6) is -0.801. The van der Waals surface area contributed by atoms with Gasteiger partial charge in [-0.05, 0) is 37.4 Å². The largest absolute Gasteiger partial charge is 0.369 e. The van der Waals surface area contributed by atoms with E-state index in [1.807, 2.05) is 24.3 Å². The number of halogens is 1.